The van der Waals surface area contributed by atoms with Crippen LogP contribution in [-0.2, 0) is 24.4 Å². The number of nitrogens with one attached hydrogen (secondary N) is 1. The number of carbonyl (C=O) groups excluding carboxylic acids is 1. The third-order valence-electron chi connectivity index (χ3n) is 4.84. The van der Waals surface area contributed by atoms with Crippen LogP contribution >= 0.6 is 0 Å². The summed E-state index contributed by atoms with van der Waals surface area (Å²) in [5.41, 5.74) is 1.04. The molecule has 154 valence electrons. The number of aryl methyl sites for hydroxylation is 3. The molecule has 8 nitrogen and oxygen atoms in total. The van der Waals surface area contributed by atoms with Gasteiger partial charge in [-0.3, -0.25) is 14.3 Å². The smallest absolute Gasteiger partial charge is 0.338 e. The van der Waals surface area contributed by atoms with Crippen LogP contribution in [0.3, 0.4) is 0 Å². The summed E-state index contributed by atoms with van der Waals surface area (Å²) in [7, 11) is 0. The minimum atomic E-state index is -0.477. The fourth-order valence-electron chi connectivity index (χ4n) is 3.33. The summed E-state index contributed by atoms with van der Waals surface area (Å²) in [6.07, 6.45) is 2.46. The Labute approximate surface area is 168 Å². The maximum absolute atomic E-state index is 12.5. The number of H-pyrrole nitrogens is 1. The van der Waals surface area contributed by atoms with Crippen LogP contribution in [0.4, 0.5) is 0 Å². The number of aromatic amines is 1. The highest BCUT2D eigenvalue weighted by atomic mass is 16.5. The van der Waals surface area contributed by atoms with E-state index in [9.17, 15) is 14.4 Å². The summed E-state index contributed by atoms with van der Waals surface area (Å²) in [5.74, 6) is 0.000574. The average molecular weight is 398 g/mol. The van der Waals surface area contributed by atoms with Gasteiger partial charge in [0.05, 0.1) is 5.56 Å². The lowest BCUT2D eigenvalue weighted by Gasteiger charge is -2.09. The Balaban J connectivity index is 2.01. The molecule has 3 rings (SSSR count). The van der Waals surface area contributed by atoms with E-state index in [-0.39, 0.29) is 6.61 Å². The highest BCUT2D eigenvalue weighted by Gasteiger charge is 2.19. The van der Waals surface area contributed by atoms with Gasteiger partial charge in [-0.15, -0.1) is 0 Å². The Morgan fingerprint density at radius 2 is 1.86 bits per heavy atom. The number of nitrogens with zero attached hydrogens (tertiary/aromatic N) is 3. The summed E-state index contributed by atoms with van der Waals surface area (Å²) in [6.45, 7) is 6.77. The number of unbranched alkanes of at least 4 members (excludes halogenated alkanes) is 1. The van der Waals surface area contributed by atoms with Gasteiger partial charge >= 0.3 is 11.7 Å². The Kier molecular flexibility index (Phi) is 6.31. The van der Waals surface area contributed by atoms with Gasteiger partial charge in [-0.1, -0.05) is 38.5 Å². The van der Waals surface area contributed by atoms with E-state index < -0.39 is 17.2 Å². The molecule has 0 aliphatic carbocycles. The third kappa shape index (κ3) is 4.16. The number of ether oxygens (including phenoxy) is 1. The summed E-state index contributed by atoms with van der Waals surface area (Å²) < 4.78 is 8.70. The molecule has 0 bridgehead atoms. The quantitative estimate of drug-likeness (QED) is 0.588. The molecule has 0 radical (unpaired) electrons. The van der Waals surface area contributed by atoms with E-state index in [1.54, 1.807) is 16.7 Å². The second kappa shape index (κ2) is 8.89. The molecule has 0 spiro atoms. The number of aromatic nitrogens is 4. The summed E-state index contributed by atoms with van der Waals surface area (Å²) >= 11 is 0. The van der Waals surface area contributed by atoms with Crippen molar-refractivity contribution in [2.45, 2.75) is 59.7 Å². The van der Waals surface area contributed by atoms with E-state index in [4.69, 9.17) is 4.74 Å². The first kappa shape index (κ1) is 20.6. The van der Waals surface area contributed by atoms with Crippen LogP contribution in [0.5, 0.6) is 0 Å². The van der Waals surface area contributed by atoms with E-state index in [0.717, 1.165) is 24.8 Å². The van der Waals surface area contributed by atoms with Crippen molar-refractivity contribution in [2.24, 2.45) is 0 Å². The maximum atomic E-state index is 12.5. The average Bonchev–Trinajstić information content (AvgIpc) is 3.05. The van der Waals surface area contributed by atoms with Crippen LogP contribution < -0.4 is 11.2 Å². The van der Waals surface area contributed by atoms with Crippen molar-refractivity contribution in [1.82, 2.24) is 19.1 Å². The number of hydrogen-bond donors (Lipinski definition) is 1. The zero-order chi connectivity index (χ0) is 21.0. The van der Waals surface area contributed by atoms with E-state index in [2.05, 4.69) is 9.97 Å². The largest absolute Gasteiger partial charge is 0.454 e. The Morgan fingerprint density at radius 3 is 2.55 bits per heavy atom. The lowest BCUT2D eigenvalue weighted by molar-refractivity contribution is 0.0457. The predicted octanol–water partition coefficient (Wildman–Crippen LogP) is 2.76. The molecule has 29 heavy (non-hydrogen) atoms. The van der Waals surface area contributed by atoms with Crippen molar-refractivity contribution in [3.8, 4) is 0 Å². The maximum Gasteiger partial charge on any atom is 0.338 e. The molecule has 1 N–H and O–H groups in total. The minimum absolute atomic E-state index is 0.0801. The highest BCUT2D eigenvalue weighted by Crippen LogP contribution is 2.15. The Morgan fingerprint density at radius 1 is 1.10 bits per heavy atom. The number of imidazole rings is 1. The first-order valence-electron chi connectivity index (χ1n) is 9.92. The lowest BCUT2D eigenvalue weighted by Crippen LogP contribution is -2.31. The molecular formula is C21H26N4O4. The Bertz CT molecular complexity index is 1140. The van der Waals surface area contributed by atoms with E-state index in [1.165, 1.54) is 4.57 Å². The fraction of sp³-hybridized carbons (Fsp3) is 0.429. The molecule has 2 heterocycles. The number of carbonyl (C=O) groups is 1. The molecule has 0 unspecified atom stereocenters. The normalized spacial score (nSPS) is 11.1. The molecule has 0 aliphatic rings. The monoisotopic (exact) mass is 398 g/mol. The van der Waals surface area contributed by atoms with E-state index >= 15 is 0 Å². The molecule has 0 saturated heterocycles. The molecular weight excluding hydrogens is 372 g/mol. The van der Waals surface area contributed by atoms with Crippen LogP contribution in [0.15, 0.2) is 33.9 Å². The highest BCUT2D eigenvalue weighted by molar-refractivity contribution is 5.90. The first-order valence-corrected chi connectivity index (χ1v) is 9.92. The predicted molar refractivity (Wildman–Crippen MR) is 110 cm³/mol. The van der Waals surface area contributed by atoms with Crippen molar-refractivity contribution < 1.29 is 9.53 Å². The van der Waals surface area contributed by atoms with E-state index in [1.807, 2.05) is 32.9 Å². The van der Waals surface area contributed by atoms with Crippen molar-refractivity contribution >= 4 is 17.1 Å². The van der Waals surface area contributed by atoms with Gasteiger partial charge in [-0.05, 0) is 31.4 Å². The molecule has 0 amide bonds. The third-order valence-corrected chi connectivity index (χ3v) is 4.84. The minimum Gasteiger partial charge on any atom is -0.454 e. The number of hydrogen-bond acceptors (Lipinski definition) is 5. The number of fused-ring (bicyclic) bond motifs is 1. The summed E-state index contributed by atoms with van der Waals surface area (Å²) in [5, 5.41) is 0. The topological polar surface area (TPSA) is 99.0 Å². The van der Waals surface area contributed by atoms with Gasteiger partial charge in [0.25, 0.3) is 5.56 Å². The van der Waals surface area contributed by atoms with E-state index in [0.29, 0.717) is 35.6 Å². The molecule has 2 aromatic heterocycles. The van der Waals surface area contributed by atoms with Crippen LogP contribution in [0.1, 0.15) is 54.9 Å². The van der Waals surface area contributed by atoms with Gasteiger partial charge in [0, 0.05) is 13.1 Å². The standard InChI is InChI=1S/C21H26N4O4/c1-4-6-12-25-18-17(19(26)23-21(25)28)24(11-5-2)16(22-18)13-29-20(27)15-10-8-7-9-14(15)3/h7-10H,4-6,11-13H2,1-3H3,(H,23,26,28). The Hall–Kier alpha value is -3.16. The van der Waals surface area contributed by atoms with Gasteiger partial charge in [-0.25, -0.2) is 14.6 Å². The lowest BCUT2D eigenvalue weighted by atomic mass is 10.1. The number of benzene rings is 1. The van der Waals surface area contributed by atoms with Gasteiger partial charge in [-0.2, -0.15) is 0 Å². The fourth-order valence-corrected chi connectivity index (χ4v) is 3.33. The molecule has 0 saturated carbocycles. The second-order valence-electron chi connectivity index (χ2n) is 7.01. The molecule has 8 heteroatoms. The van der Waals surface area contributed by atoms with Crippen LogP contribution in [0.2, 0.25) is 0 Å². The second-order valence-corrected chi connectivity index (χ2v) is 7.01. The van der Waals surface area contributed by atoms with Crippen molar-refractivity contribution in [3.05, 3.63) is 62.1 Å². The van der Waals surface area contributed by atoms with Crippen LogP contribution in [0, 0.1) is 6.92 Å². The van der Waals surface area contributed by atoms with Gasteiger partial charge in [0.2, 0.25) is 0 Å². The number of rotatable bonds is 8. The van der Waals surface area contributed by atoms with Crippen molar-refractivity contribution in [2.75, 3.05) is 0 Å². The van der Waals surface area contributed by atoms with Gasteiger partial charge < -0.3 is 9.30 Å². The first-order chi connectivity index (χ1) is 14.0. The molecule has 3 aromatic rings. The molecule has 0 aliphatic heterocycles. The summed E-state index contributed by atoms with van der Waals surface area (Å²) in [4.78, 5) is 44.2. The van der Waals surface area contributed by atoms with Crippen LogP contribution in [-0.4, -0.2) is 25.1 Å². The van der Waals surface area contributed by atoms with Crippen LogP contribution in [0.25, 0.3) is 11.2 Å². The zero-order valence-corrected chi connectivity index (χ0v) is 17.0. The van der Waals surface area contributed by atoms with Crippen molar-refractivity contribution in [3.63, 3.8) is 0 Å². The van der Waals surface area contributed by atoms with Gasteiger partial charge in [0.15, 0.2) is 11.2 Å². The zero-order valence-electron chi connectivity index (χ0n) is 17.0. The molecule has 0 atom stereocenters. The van der Waals surface area contributed by atoms with Crippen molar-refractivity contribution in [1.29, 1.82) is 0 Å². The SMILES string of the molecule is CCCCn1c(=O)[nH]c(=O)c2c1nc(COC(=O)c1ccccc1C)n2CCC. The van der Waals surface area contributed by atoms with Gasteiger partial charge in [0.1, 0.15) is 12.4 Å². The number of esters is 1. The summed E-state index contributed by atoms with van der Waals surface area (Å²) in [6, 6.07) is 7.19. The molecule has 0 fully saturated rings. The molecule has 1 aromatic carbocycles.